The minimum atomic E-state index is -0.138. The fourth-order valence-electron chi connectivity index (χ4n) is 4.69. The number of esters is 1. The highest BCUT2D eigenvalue weighted by atomic mass is 32.1. The van der Waals surface area contributed by atoms with E-state index in [-0.39, 0.29) is 23.8 Å². The van der Waals surface area contributed by atoms with Crippen molar-refractivity contribution in [3.05, 3.63) is 75.2 Å². The van der Waals surface area contributed by atoms with Crippen molar-refractivity contribution in [3.63, 3.8) is 0 Å². The van der Waals surface area contributed by atoms with E-state index in [1.807, 2.05) is 19.2 Å². The van der Waals surface area contributed by atoms with Crippen LogP contribution in [0.5, 0.6) is 0 Å². The maximum atomic E-state index is 13.3. The Labute approximate surface area is 199 Å². The Hall–Kier alpha value is -2.99. The molecule has 0 radical (unpaired) electrons. The van der Waals surface area contributed by atoms with E-state index in [0.717, 1.165) is 59.2 Å². The topological polar surface area (TPSA) is 68.3 Å². The molecule has 2 heterocycles. The zero-order valence-electron chi connectivity index (χ0n) is 19.4. The van der Waals surface area contributed by atoms with Gasteiger partial charge in [0.1, 0.15) is 0 Å². The van der Waals surface area contributed by atoms with Crippen LogP contribution in [0.2, 0.25) is 0 Å². The van der Waals surface area contributed by atoms with Gasteiger partial charge in [-0.05, 0) is 74.3 Å². The lowest BCUT2D eigenvalue weighted by molar-refractivity contribution is -0.146. The molecule has 0 atom stereocenters. The maximum absolute atomic E-state index is 13.3. The van der Waals surface area contributed by atoms with Gasteiger partial charge in [-0.2, -0.15) is 0 Å². The average Bonchev–Trinajstić information content (AvgIpc) is 3.12. The van der Waals surface area contributed by atoms with E-state index in [2.05, 4.69) is 47.6 Å². The third kappa shape index (κ3) is 5.33. The molecule has 1 N–H and O–H groups in total. The number of aromatic nitrogens is 1. The van der Waals surface area contributed by atoms with E-state index >= 15 is 0 Å². The molecule has 3 aromatic rings. The Bertz CT molecular complexity index is 1110. The number of amides is 1. The summed E-state index contributed by atoms with van der Waals surface area (Å²) in [7, 11) is 1.44. The van der Waals surface area contributed by atoms with Gasteiger partial charge in [0.15, 0.2) is 0 Å². The van der Waals surface area contributed by atoms with Crippen LogP contribution < -0.4 is 5.32 Å². The Morgan fingerprint density at radius 3 is 2.39 bits per heavy atom. The van der Waals surface area contributed by atoms with Crippen LogP contribution in [0.4, 0.5) is 0 Å². The summed E-state index contributed by atoms with van der Waals surface area (Å²) in [6, 6.07) is 12.6. The first kappa shape index (κ1) is 23.2. The number of thiophene rings is 1. The Kier molecular flexibility index (Phi) is 7.23. The molecule has 33 heavy (non-hydrogen) atoms. The van der Waals surface area contributed by atoms with Gasteiger partial charge in [-0.3, -0.25) is 14.6 Å². The smallest absolute Gasteiger partial charge is 0.308 e. The number of methoxy groups -OCH3 is 1. The highest BCUT2D eigenvalue weighted by Crippen LogP contribution is 2.31. The van der Waals surface area contributed by atoms with Crippen LogP contribution in [0.25, 0.3) is 11.1 Å². The first-order valence-corrected chi connectivity index (χ1v) is 12.2. The summed E-state index contributed by atoms with van der Waals surface area (Å²) in [4.78, 5) is 31.5. The number of nitrogens with one attached hydrogen (secondary N) is 1. The molecular formula is C27H30N2O3S. The molecule has 6 heteroatoms. The summed E-state index contributed by atoms with van der Waals surface area (Å²) in [5.41, 5.74) is 5.31. The van der Waals surface area contributed by atoms with E-state index in [1.165, 1.54) is 17.6 Å². The van der Waals surface area contributed by atoms with Gasteiger partial charge in [0.05, 0.1) is 18.6 Å². The summed E-state index contributed by atoms with van der Waals surface area (Å²) in [6.45, 7) is 4.12. The number of nitrogens with zero attached hydrogens (tertiary/aromatic N) is 1. The maximum Gasteiger partial charge on any atom is 0.308 e. The van der Waals surface area contributed by atoms with Crippen LogP contribution in [-0.4, -0.2) is 30.0 Å². The second-order valence-electron chi connectivity index (χ2n) is 8.73. The highest BCUT2D eigenvalue weighted by molar-refractivity contribution is 7.12. The van der Waals surface area contributed by atoms with Gasteiger partial charge in [-0.15, -0.1) is 11.3 Å². The number of hydrogen-bond donors (Lipinski definition) is 1. The molecule has 0 spiro atoms. The summed E-state index contributed by atoms with van der Waals surface area (Å²) < 4.78 is 4.87. The molecule has 0 bridgehead atoms. The number of benzene rings is 1. The lowest BCUT2D eigenvalue weighted by atomic mass is 9.86. The molecule has 2 aromatic heterocycles. The molecule has 1 amide bonds. The van der Waals surface area contributed by atoms with Gasteiger partial charge < -0.3 is 10.1 Å². The first-order chi connectivity index (χ1) is 16.0. The number of aryl methyl sites for hydroxylation is 2. The quantitative estimate of drug-likeness (QED) is 0.493. The Morgan fingerprint density at radius 1 is 1.03 bits per heavy atom. The van der Waals surface area contributed by atoms with E-state index in [4.69, 9.17) is 4.74 Å². The normalized spacial score (nSPS) is 18.0. The zero-order chi connectivity index (χ0) is 23.4. The summed E-state index contributed by atoms with van der Waals surface area (Å²) in [6.07, 6.45) is 7.49. The van der Waals surface area contributed by atoms with Gasteiger partial charge in [-0.25, -0.2) is 0 Å². The molecule has 4 rings (SSSR count). The van der Waals surface area contributed by atoms with Gasteiger partial charge in [0.25, 0.3) is 5.91 Å². The van der Waals surface area contributed by atoms with Crippen molar-refractivity contribution >= 4 is 23.2 Å². The zero-order valence-corrected chi connectivity index (χ0v) is 20.2. The average molecular weight is 463 g/mol. The molecule has 0 saturated heterocycles. The van der Waals surface area contributed by atoms with Crippen LogP contribution in [0, 0.1) is 19.8 Å². The van der Waals surface area contributed by atoms with Gasteiger partial charge >= 0.3 is 5.97 Å². The molecular weight excluding hydrogens is 432 g/mol. The molecule has 1 aromatic carbocycles. The van der Waals surface area contributed by atoms with Gasteiger partial charge in [-0.1, -0.05) is 30.3 Å². The fourth-order valence-corrected chi connectivity index (χ4v) is 5.77. The predicted octanol–water partition coefficient (Wildman–Crippen LogP) is 5.48. The van der Waals surface area contributed by atoms with E-state index in [9.17, 15) is 9.59 Å². The fraction of sp³-hybridized carbons (Fsp3) is 0.370. The van der Waals surface area contributed by atoms with Crippen LogP contribution >= 0.6 is 11.3 Å². The van der Waals surface area contributed by atoms with E-state index in [1.54, 1.807) is 17.5 Å². The van der Waals surface area contributed by atoms with Crippen molar-refractivity contribution in [1.29, 1.82) is 0 Å². The van der Waals surface area contributed by atoms with Crippen molar-refractivity contribution in [3.8, 4) is 11.1 Å². The molecule has 1 aliphatic rings. The minimum absolute atomic E-state index is 0.000322. The van der Waals surface area contributed by atoms with E-state index < -0.39 is 0 Å². The predicted molar refractivity (Wildman–Crippen MR) is 132 cm³/mol. The van der Waals surface area contributed by atoms with Crippen molar-refractivity contribution in [1.82, 2.24) is 10.3 Å². The number of rotatable bonds is 6. The highest BCUT2D eigenvalue weighted by Gasteiger charge is 2.29. The second-order valence-corrected chi connectivity index (χ2v) is 10.2. The van der Waals surface area contributed by atoms with Crippen LogP contribution in [0.3, 0.4) is 0 Å². The molecule has 5 nitrogen and oxygen atoms in total. The third-order valence-electron chi connectivity index (χ3n) is 6.54. The number of ether oxygens (including phenoxy) is 1. The molecule has 172 valence electrons. The summed E-state index contributed by atoms with van der Waals surface area (Å²) in [5.74, 6) is -0.181. The minimum Gasteiger partial charge on any atom is -0.469 e. The standard InChI is InChI=1S/C27H30N2O3S/c1-17-24(15-19-6-8-20(9-7-19)22-5-4-14-28-16-22)25(18(2)33-17)26(30)29-23-12-10-21(11-13-23)27(31)32-3/h4-9,14,16,21,23H,10-13,15H2,1-3H3,(H,29,30). The number of hydrogen-bond acceptors (Lipinski definition) is 5. The number of carbonyl (C=O) groups is 2. The first-order valence-electron chi connectivity index (χ1n) is 11.4. The molecule has 1 saturated carbocycles. The largest absolute Gasteiger partial charge is 0.469 e. The van der Waals surface area contributed by atoms with Crippen LogP contribution in [-0.2, 0) is 16.0 Å². The monoisotopic (exact) mass is 462 g/mol. The SMILES string of the molecule is COC(=O)C1CCC(NC(=O)c2c(C)sc(C)c2Cc2ccc(-c3cccnc3)cc2)CC1. The Morgan fingerprint density at radius 2 is 1.76 bits per heavy atom. The molecule has 1 aliphatic carbocycles. The lowest BCUT2D eigenvalue weighted by Gasteiger charge is -2.27. The van der Waals surface area contributed by atoms with Crippen molar-refractivity contribution in [2.75, 3.05) is 7.11 Å². The Balaban J connectivity index is 1.45. The third-order valence-corrected chi connectivity index (χ3v) is 7.60. The van der Waals surface area contributed by atoms with E-state index in [0.29, 0.717) is 0 Å². The van der Waals surface area contributed by atoms with Crippen LogP contribution in [0.1, 0.15) is 56.9 Å². The summed E-state index contributed by atoms with van der Waals surface area (Å²) >= 11 is 1.68. The second kappa shape index (κ2) is 10.3. The lowest BCUT2D eigenvalue weighted by Crippen LogP contribution is -2.39. The van der Waals surface area contributed by atoms with Crippen LogP contribution in [0.15, 0.2) is 48.8 Å². The molecule has 0 unspecified atom stereocenters. The van der Waals surface area contributed by atoms with Crippen molar-refractivity contribution in [2.45, 2.75) is 52.0 Å². The van der Waals surface area contributed by atoms with Gasteiger partial charge in [0, 0.05) is 28.2 Å². The van der Waals surface area contributed by atoms with Crippen molar-refractivity contribution in [2.24, 2.45) is 5.92 Å². The number of carbonyl (C=O) groups excluding carboxylic acids is 2. The van der Waals surface area contributed by atoms with Crippen molar-refractivity contribution < 1.29 is 14.3 Å². The summed E-state index contributed by atoms with van der Waals surface area (Å²) in [5, 5.41) is 3.23. The molecule has 0 aliphatic heterocycles. The molecule has 1 fully saturated rings. The number of pyridine rings is 1. The van der Waals surface area contributed by atoms with Gasteiger partial charge in [0.2, 0.25) is 0 Å².